The van der Waals surface area contributed by atoms with Crippen molar-refractivity contribution in [1.29, 1.82) is 0 Å². The Bertz CT molecular complexity index is 1350. The van der Waals surface area contributed by atoms with E-state index in [-0.39, 0.29) is 11.5 Å². The van der Waals surface area contributed by atoms with Crippen molar-refractivity contribution >= 4 is 33.5 Å². The van der Waals surface area contributed by atoms with E-state index in [1.807, 2.05) is 60.7 Å². The van der Waals surface area contributed by atoms with Crippen molar-refractivity contribution in [3.8, 4) is 16.9 Å². The lowest BCUT2D eigenvalue weighted by atomic mass is 9.98. The Morgan fingerprint density at radius 1 is 1.11 bits per heavy atom. The summed E-state index contributed by atoms with van der Waals surface area (Å²) in [5.74, 6) is -0.371. The molecular weight excluding hydrogens is 544 g/mol. The molecule has 0 saturated heterocycles. The molecule has 3 aromatic rings. The molecule has 0 aliphatic carbocycles. The average Bonchev–Trinajstić information content (AvgIpc) is 2.93. The number of halogens is 1. The zero-order valence-electron chi connectivity index (χ0n) is 21.3. The molecule has 7 heteroatoms. The van der Waals surface area contributed by atoms with Crippen LogP contribution in [0.4, 0.5) is 5.69 Å². The van der Waals surface area contributed by atoms with Crippen LogP contribution in [-0.2, 0) is 6.54 Å². The molecule has 1 aliphatic rings. The molecule has 0 bridgehead atoms. The van der Waals surface area contributed by atoms with Crippen LogP contribution in [0.3, 0.4) is 0 Å². The second-order valence-electron chi connectivity index (χ2n) is 8.96. The SMILES string of the molecule is CCC=CC=C(Br)CCNC(=O)c1ccc2c(c1)OCCN2Cc1ccc(-c2ccccc2C(=O)O)cc1. The number of rotatable bonds is 10. The fourth-order valence-electron chi connectivity index (χ4n) is 4.30. The van der Waals surface area contributed by atoms with Crippen molar-refractivity contribution in [1.82, 2.24) is 5.32 Å². The highest BCUT2D eigenvalue weighted by Crippen LogP contribution is 2.34. The topological polar surface area (TPSA) is 78.9 Å². The number of aromatic carboxylic acids is 1. The summed E-state index contributed by atoms with van der Waals surface area (Å²) in [6.07, 6.45) is 7.79. The molecule has 1 amide bonds. The minimum absolute atomic E-state index is 0.129. The molecule has 0 atom stereocenters. The minimum Gasteiger partial charge on any atom is -0.490 e. The van der Waals surface area contributed by atoms with Gasteiger partial charge in [0.15, 0.2) is 0 Å². The quantitative estimate of drug-likeness (QED) is 0.260. The number of anilines is 1. The second kappa shape index (κ2) is 13.1. The number of ether oxygens (including phenoxy) is 1. The van der Waals surface area contributed by atoms with Gasteiger partial charge in [0, 0.05) is 18.7 Å². The van der Waals surface area contributed by atoms with Gasteiger partial charge in [0.25, 0.3) is 5.91 Å². The number of fused-ring (bicyclic) bond motifs is 1. The van der Waals surface area contributed by atoms with E-state index in [9.17, 15) is 14.7 Å². The number of amides is 1. The fraction of sp³-hybridized carbons (Fsp3) is 0.226. The monoisotopic (exact) mass is 574 g/mol. The van der Waals surface area contributed by atoms with Gasteiger partial charge in [-0.3, -0.25) is 4.79 Å². The normalized spacial score (nSPS) is 13.2. The number of allylic oxidation sites excluding steroid dienone is 3. The zero-order chi connectivity index (χ0) is 26.9. The highest BCUT2D eigenvalue weighted by Gasteiger charge is 2.20. The molecule has 3 aromatic carbocycles. The number of hydrogen-bond acceptors (Lipinski definition) is 4. The first kappa shape index (κ1) is 27.2. The molecule has 0 spiro atoms. The molecule has 38 heavy (non-hydrogen) atoms. The predicted molar refractivity (Wildman–Crippen MR) is 155 cm³/mol. The number of carboxylic acids is 1. The van der Waals surface area contributed by atoms with Gasteiger partial charge in [-0.05, 0) is 58.3 Å². The van der Waals surface area contributed by atoms with Crippen LogP contribution in [0.5, 0.6) is 5.75 Å². The van der Waals surface area contributed by atoms with Gasteiger partial charge in [-0.2, -0.15) is 0 Å². The smallest absolute Gasteiger partial charge is 0.336 e. The minimum atomic E-state index is -0.938. The maximum Gasteiger partial charge on any atom is 0.336 e. The fourth-order valence-corrected chi connectivity index (χ4v) is 4.65. The van der Waals surface area contributed by atoms with E-state index in [1.54, 1.807) is 18.2 Å². The molecule has 1 aliphatic heterocycles. The number of carbonyl (C=O) groups is 2. The molecule has 0 radical (unpaired) electrons. The Balaban J connectivity index is 1.40. The summed E-state index contributed by atoms with van der Waals surface area (Å²) in [5, 5.41) is 12.5. The Labute approximate surface area is 231 Å². The molecule has 0 aromatic heterocycles. The van der Waals surface area contributed by atoms with Gasteiger partial charge in [0.05, 0.1) is 17.8 Å². The Kier molecular flexibility index (Phi) is 9.38. The molecule has 0 saturated carbocycles. The van der Waals surface area contributed by atoms with Crippen molar-refractivity contribution in [2.45, 2.75) is 26.3 Å². The van der Waals surface area contributed by atoms with Gasteiger partial charge in [-0.25, -0.2) is 4.79 Å². The second-order valence-corrected chi connectivity index (χ2v) is 9.97. The summed E-state index contributed by atoms with van der Waals surface area (Å²) >= 11 is 3.53. The first-order valence-electron chi connectivity index (χ1n) is 12.7. The molecule has 0 unspecified atom stereocenters. The summed E-state index contributed by atoms with van der Waals surface area (Å²) in [5.41, 5.74) is 4.47. The summed E-state index contributed by atoms with van der Waals surface area (Å²) in [4.78, 5) is 26.5. The average molecular weight is 576 g/mol. The van der Waals surface area contributed by atoms with Gasteiger partial charge >= 0.3 is 5.97 Å². The van der Waals surface area contributed by atoms with E-state index in [2.05, 4.69) is 39.1 Å². The van der Waals surface area contributed by atoms with Crippen LogP contribution in [-0.4, -0.2) is 36.7 Å². The van der Waals surface area contributed by atoms with Crippen molar-refractivity contribution < 1.29 is 19.4 Å². The van der Waals surface area contributed by atoms with Gasteiger partial charge in [-0.1, -0.05) is 83.5 Å². The van der Waals surface area contributed by atoms with Crippen LogP contribution in [0.2, 0.25) is 0 Å². The third kappa shape index (κ3) is 6.92. The summed E-state index contributed by atoms with van der Waals surface area (Å²) in [6.45, 7) is 4.56. The van der Waals surface area contributed by atoms with Crippen LogP contribution in [0.15, 0.2) is 89.4 Å². The first-order valence-corrected chi connectivity index (χ1v) is 13.5. The van der Waals surface area contributed by atoms with Crippen LogP contribution in [0.25, 0.3) is 11.1 Å². The maximum absolute atomic E-state index is 12.7. The maximum atomic E-state index is 12.7. The van der Waals surface area contributed by atoms with Gasteiger partial charge in [0.1, 0.15) is 12.4 Å². The standard InChI is InChI=1S/C31H31BrN2O4/c1-2-3-4-7-25(32)16-17-33-30(35)24-14-15-28-29(20-24)38-19-18-34(28)21-22-10-12-23(13-11-22)26-8-5-6-9-27(26)31(36)37/h3-15,20H,2,16-19,21H2,1H3,(H,33,35)(H,36,37). The Morgan fingerprint density at radius 3 is 2.66 bits per heavy atom. The van der Waals surface area contributed by atoms with Crippen LogP contribution >= 0.6 is 15.9 Å². The van der Waals surface area contributed by atoms with Crippen LogP contribution < -0.4 is 15.0 Å². The van der Waals surface area contributed by atoms with Gasteiger partial charge < -0.3 is 20.1 Å². The third-order valence-electron chi connectivity index (χ3n) is 6.28. The number of carbonyl (C=O) groups excluding carboxylic acids is 1. The van der Waals surface area contributed by atoms with Gasteiger partial charge in [-0.15, -0.1) is 0 Å². The molecular formula is C31H31BrN2O4. The van der Waals surface area contributed by atoms with Crippen molar-refractivity contribution in [2.24, 2.45) is 0 Å². The number of benzene rings is 3. The van der Waals surface area contributed by atoms with Crippen molar-refractivity contribution in [3.63, 3.8) is 0 Å². The van der Waals surface area contributed by atoms with Gasteiger partial charge in [0.2, 0.25) is 0 Å². The first-order chi connectivity index (χ1) is 18.5. The summed E-state index contributed by atoms with van der Waals surface area (Å²) in [7, 11) is 0. The largest absolute Gasteiger partial charge is 0.490 e. The Morgan fingerprint density at radius 2 is 1.89 bits per heavy atom. The lowest BCUT2D eigenvalue weighted by Gasteiger charge is -2.31. The Hall–Kier alpha value is -3.84. The number of carboxylic acid groups (broad SMARTS) is 1. The third-order valence-corrected chi connectivity index (χ3v) is 6.94. The van der Waals surface area contributed by atoms with E-state index >= 15 is 0 Å². The zero-order valence-corrected chi connectivity index (χ0v) is 22.9. The highest BCUT2D eigenvalue weighted by molar-refractivity contribution is 9.11. The molecule has 4 rings (SSSR count). The number of hydrogen-bond donors (Lipinski definition) is 2. The molecule has 2 N–H and O–H groups in total. The predicted octanol–water partition coefficient (Wildman–Crippen LogP) is 6.82. The molecule has 1 heterocycles. The van der Waals surface area contributed by atoms with Crippen molar-refractivity contribution in [3.05, 3.63) is 106 Å². The lowest BCUT2D eigenvalue weighted by molar-refractivity contribution is 0.0697. The summed E-state index contributed by atoms with van der Waals surface area (Å²) < 4.78 is 6.92. The lowest BCUT2D eigenvalue weighted by Crippen LogP contribution is -2.32. The van der Waals surface area contributed by atoms with E-state index in [4.69, 9.17) is 4.74 Å². The van der Waals surface area contributed by atoms with Crippen molar-refractivity contribution in [2.75, 3.05) is 24.6 Å². The molecule has 6 nitrogen and oxygen atoms in total. The van der Waals surface area contributed by atoms with E-state index in [0.29, 0.717) is 36.6 Å². The van der Waals surface area contributed by atoms with Crippen LogP contribution in [0.1, 0.15) is 46.0 Å². The highest BCUT2D eigenvalue weighted by atomic mass is 79.9. The van der Waals surface area contributed by atoms with E-state index < -0.39 is 5.97 Å². The van der Waals surface area contributed by atoms with Crippen LogP contribution in [0, 0.1) is 0 Å². The molecule has 0 fully saturated rings. The summed E-state index contributed by atoms with van der Waals surface area (Å²) in [6, 6.07) is 20.6. The number of nitrogens with one attached hydrogen (secondary N) is 1. The molecule has 196 valence electrons. The number of nitrogens with zero attached hydrogens (tertiary/aromatic N) is 1. The van der Waals surface area contributed by atoms with E-state index in [0.717, 1.165) is 40.7 Å². The van der Waals surface area contributed by atoms with E-state index in [1.165, 1.54) is 0 Å².